The Hall–Kier alpha value is -1.49. The highest BCUT2D eigenvalue weighted by molar-refractivity contribution is 5.89. The monoisotopic (exact) mass is 211 g/mol. The third-order valence-corrected chi connectivity index (χ3v) is 1.83. The minimum atomic E-state index is -0.414. The van der Waals surface area contributed by atoms with E-state index in [0.717, 1.165) is 19.2 Å². The highest BCUT2D eigenvalue weighted by atomic mass is 19.1. The quantitative estimate of drug-likeness (QED) is 0.718. The molecule has 0 aliphatic rings. The van der Waals surface area contributed by atoms with Crippen LogP contribution in [0.15, 0.2) is 18.3 Å². The fourth-order valence-corrected chi connectivity index (χ4v) is 1.08. The van der Waals surface area contributed by atoms with E-state index in [9.17, 15) is 9.18 Å². The molecule has 0 aliphatic heterocycles. The fourth-order valence-electron chi connectivity index (χ4n) is 1.08. The number of pyridine rings is 1. The number of halogens is 1. The van der Waals surface area contributed by atoms with Gasteiger partial charge in [-0.2, -0.15) is 0 Å². The van der Waals surface area contributed by atoms with E-state index in [4.69, 9.17) is 0 Å². The van der Waals surface area contributed by atoms with Crippen LogP contribution in [-0.4, -0.2) is 24.5 Å². The summed E-state index contributed by atoms with van der Waals surface area (Å²) in [6.45, 7) is 0.796. The minimum Gasteiger partial charge on any atom is -0.320 e. The van der Waals surface area contributed by atoms with E-state index in [2.05, 4.69) is 15.6 Å². The number of nitrogens with one attached hydrogen (secondary N) is 2. The molecule has 0 atom stereocenters. The Labute approximate surface area is 87.9 Å². The molecule has 0 saturated heterocycles. The molecule has 1 rings (SSSR count). The molecule has 4 nitrogen and oxygen atoms in total. The standard InChI is InChI=1S/C10H14FN3O/c1-12-6-2-3-10(15)14-9-5-4-8(11)7-13-9/h4-5,7,12H,2-3,6H2,1H3,(H,13,14,15). The van der Waals surface area contributed by atoms with Gasteiger partial charge in [-0.1, -0.05) is 0 Å². The normalized spacial score (nSPS) is 10.0. The maximum absolute atomic E-state index is 12.5. The first-order valence-corrected chi connectivity index (χ1v) is 4.78. The Kier molecular flexibility index (Phi) is 4.70. The third-order valence-electron chi connectivity index (χ3n) is 1.83. The van der Waals surface area contributed by atoms with Crippen molar-refractivity contribution in [2.75, 3.05) is 18.9 Å². The number of anilines is 1. The summed E-state index contributed by atoms with van der Waals surface area (Å²) < 4.78 is 12.5. The number of nitrogens with zero attached hydrogens (tertiary/aromatic N) is 1. The molecule has 0 fully saturated rings. The zero-order valence-corrected chi connectivity index (χ0v) is 8.59. The summed E-state index contributed by atoms with van der Waals surface area (Å²) in [5, 5.41) is 5.53. The molecule has 0 radical (unpaired) electrons. The van der Waals surface area contributed by atoms with E-state index >= 15 is 0 Å². The third kappa shape index (κ3) is 4.51. The fraction of sp³-hybridized carbons (Fsp3) is 0.400. The Morgan fingerprint density at radius 3 is 2.93 bits per heavy atom. The molecule has 1 aromatic heterocycles. The molecule has 0 bridgehead atoms. The van der Waals surface area contributed by atoms with Crippen LogP contribution in [0.1, 0.15) is 12.8 Å². The van der Waals surface area contributed by atoms with Crippen molar-refractivity contribution in [2.24, 2.45) is 0 Å². The lowest BCUT2D eigenvalue weighted by Gasteiger charge is -2.03. The molecular formula is C10H14FN3O. The van der Waals surface area contributed by atoms with Crippen LogP contribution in [-0.2, 0) is 4.79 Å². The average molecular weight is 211 g/mol. The van der Waals surface area contributed by atoms with Crippen molar-refractivity contribution in [3.63, 3.8) is 0 Å². The van der Waals surface area contributed by atoms with E-state index in [1.54, 1.807) is 0 Å². The number of amides is 1. The molecule has 0 aromatic carbocycles. The number of rotatable bonds is 5. The zero-order valence-electron chi connectivity index (χ0n) is 8.59. The summed E-state index contributed by atoms with van der Waals surface area (Å²) >= 11 is 0. The number of hydrogen-bond donors (Lipinski definition) is 2. The van der Waals surface area contributed by atoms with Crippen molar-refractivity contribution in [3.8, 4) is 0 Å². The van der Waals surface area contributed by atoms with E-state index in [1.807, 2.05) is 7.05 Å². The second-order valence-electron chi connectivity index (χ2n) is 3.12. The summed E-state index contributed by atoms with van der Waals surface area (Å²) in [7, 11) is 1.83. The first-order chi connectivity index (χ1) is 7.22. The molecule has 1 amide bonds. The van der Waals surface area contributed by atoms with Crippen molar-refractivity contribution in [1.82, 2.24) is 10.3 Å². The van der Waals surface area contributed by atoms with Gasteiger partial charge in [0.25, 0.3) is 0 Å². The number of carbonyl (C=O) groups excluding carboxylic acids is 1. The number of carbonyl (C=O) groups is 1. The van der Waals surface area contributed by atoms with E-state index < -0.39 is 5.82 Å². The van der Waals surface area contributed by atoms with Gasteiger partial charge in [-0.25, -0.2) is 9.37 Å². The zero-order chi connectivity index (χ0) is 11.1. The number of hydrogen-bond acceptors (Lipinski definition) is 3. The van der Waals surface area contributed by atoms with Crippen LogP contribution >= 0.6 is 0 Å². The molecule has 2 N–H and O–H groups in total. The predicted octanol–water partition coefficient (Wildman–Crippen LogP) is 1.16. The first kappa shape index (κ1) is 11.6. The predicted molar refractivity (Wildman–Crippen MR) is 56.0 cm³/mol. The lowest BCUT2D eigenvalue weighted by molar-refractivity contribution is -0.116. The smallest absolute Gasteiger partial charge is 0.225 e. The van der Waals surface area contributed by atoms with Gasteiger partial charge in [0.1, 0.15) is 11.6 Å². The topological polar surface area (TPSA) is 54.0 Å². The van der Waals surface area contributed by atoms with E-state index in [0.29, 0.717) is 12.2 Å². The van der Waals surface area contributed by atoms with Crippen LogP contribution in [0.2, 0.25) is 0 Å². The van der Waals surface area contributed by atoms with Crippen LogP contribution in [0.25, 0.3) is 0 Å². The van der Waals surface area contributed by atoms with Crippen molar-refractivity contribution in [2.45, 2.75) is 12.8 Å². The molecule has 1 heterocycles. The van der Waals surface area contributed by atoms with Crippen LogP contribution in [0.3, 0.4) is 0 Å². The van der Waals surface area contributed by atoms with Crippen LogP contribution in [0.5, 0.6) is 0 Å². The molecule has 82 valence electrons. The maximum Gasteiger partial charge on any atom is 0.225 e. The highest BCUT2D eigenvalue weighted by Crippen LogP contribution is 2.04. The van der Waals surface area contributed by atoms with Crippen LogP contribution in [0, 0.1) is 5.82 Å². The SMILES string of the molecule is CNCCCC(=O)Nc1ccc(F)cn1. The van der Waals surface area contributed by atoms with Crippen LogP contribution in [0.4, 0.5) is 10.2 Å². The summed E-state index contributed by atoms with van der Waals surface area (Å²) in [4.78, 5) is 15.0. The summed E-state index contributed by atoms with van der Waals surface area (Å²) in [6, 6.07) is 2.70. The van der Waals surface area contributed by atoms with Gasteiger partial charge in [0, 0.05) is 6.42 Å². The molecule has 0 spiro atoms. The van der Waals surface area contributed by atoms with Gasteiger partial charge in [0.05, 0.1) is 6.20 Å². The maximum atomic E-state index is 12.5. The summed E-state index contributed by atoms with van der Waals surface area (Å²) in [5.41, 5.74) is 0. The van der Waals surface area contributed by atoms with Crippen molar-refractivity contribution < 1.29 is 9.18 Å². The summed E-state index contributed by atoms with van der Waals surface area (Å²) in [6.07, 6.45) is 2.27. The lowest BCUT2D eigenvalue weighted by Crippen LogP contribution is -2.15. The Morgan fingerprint density at radius 1 is 1.53 bits per heavy atom. The van der Waals surface area contributed by atoms with Crippen molar-refractivity contribution >= 4 is 11.7 Å². The molecule has 5 heteroatoms. The van der Waals surface area contributed by atoms with Gasteiger partial charge in [-0.15, -0.1) is 0 Å². The Balaban J connectivity index is 2.34. The number of aromatic nitrogens is 1. The van der Waals surface area contributed by atoms with Gasteiger partial charge in [-0.3, -0.25) is 4.79 Å². The first-order valence-electron chi connectivity index (χ1n) is 4.78. The molecule has 1 aromatic rings. The minimum absolute atomic E-state index is 0.107. The van der Waals surface area contributed by atoms with Gasteiger partial charge < -0.3 is 10.6 Å². The highest BCUT2D eigenvalue weighted by Gasteiger charge is 2.02. The molecule has 15 heavy (non-hydrogen) atoms. The van der Waals surface area contributed by atoms with Crippen molar-refractivity contribution in [1.29, 1.82) is 0 Å². The Bertz CT molecular complexity index is 313. The largest absolute Gasteiger partial charge is 0.320 e. The van der Waals surface area contributed by atoms with Gasteiger partial charge >= 0.3 is 0 Å². The molecule has 0 unspecified atom stereocenters. The second kappa shape index (κ2) is 6.08. The molecular weight excluding hydrogens is 197 g/mol. The van der Waals surface area contributed by atoms with Crippen LogP contribution < -0.4 is 10.6 Å². The summed E-state index contributed by atoms with van der Waals surface area (Å²) in [5.74, 6) is -0.140. The van der Waals surface area contributed by atoms with E-state index in [-0.39, 0.29) is 5.91 Å². The van der Waals surface area contributed by atoms with Gasteiger partial charge in [-0.05, 0) is 32.1 Å². The van der Waals surface area contributed by atoms with Crippen molar-refractivity contribution in [3.05, 3.63) is 24.1 Å². The average Bonchev–Trinajstić information content (AvgIpc) is 2.22. The lowest BCUT2D eigenvalue weighted by atomic mass is 10.3. The van der Waals surface area contributed by atoms with Gasteiger partial charge in [0.2, 0.25) is 5.91 Å². The Morgan fingerprint density at radius 2 is 2.33 bits per heavy atom. The molecule has 0 saturated carbocycles. The van der Waals surface area contributed by atoms with Gasteiger partial charge in [0.15, 0.2) is 0 Å². The van der Waals surface area contributed by atoms with E-state index in [1.165, 1.54) is 12.1 Å². The second-order valence-corrected chi connectivity index (χ2v) is 3.12. The molecule has 0 aliphatic carbocycles.